The molecule has 3 heterocycles. The minimum absolute atomic E-state index is 0.439. The highest BCUT2D eigenvalue weighted by molar-refractivity contribution is 7.10. The van der Waals surface area contributed by atoms with Gasteiger partial charge in [-0.3, -0.25) is 4.98 Å². The van der Waals surface area contributed by atoms with Crippen LogP contribution in [0, 0.1) is 0 Å². The van der Waals surface area contributed by atoms with Crippen LogP contribution >= 0.6 is 11.3 Å². The van der Waals surface area contributed by atoms with Gasteiger partial charge in [-0.05, 0) is 48.5 Å². The monoisotopic (exact) mass is 287 g/mol. The zero-order chi connectivity index (χ0) is 13.9. The third kappa shape index (κ3) is 2.45. The standard InChI is InChI=1S/C16H21N3S/c1-3-17-10-13-4-7-18-11-15(13)19-8-5-16-14(12(19)2)6-9-20-16/h4,6-7,9,11-12,17H,3,5,8,10H2,1-2H3. The second-order valence-electron chi connectivity index (χ2n) is 5.20. The molecule has 2 aromatic heterocycles. The number of nitrogens with one attached hydrogen (secondary N) is 1. The van der Waals surface area contributed by atoms with Gasteiger partial charge in [-0.1, -0.05) is 6.92 Å². The van der Waals surface area contributed by atoms with E-state index >= 15 is 0 Å². The summed E-state index contributed by atoms with van der Waals surface area (Å²) >= 11 is 1.89. The topological polar surface area (TPSA) is 28.2 Å². The number of hydrogen-bond acceptors (Lipinski definition) is 4. The van der Waals surface area contributed by atoms with E-state index < -0.39 is 0 Å². The van der Waals surface area contributed by atoms with Crippen LogP contribution in [-0.2, 0) is 13.0 Å². The number of anilines is 1. The van der Waals surface area contributed by atoms with Crippen molar-refractivity contribution in [1.29, 1.82) is 0 Å². The largest absolute Gasteiger partial charge is 0.363 e. The van der Waals surface area contributed by atoms with Crippen LogP contribution in [0.25, 0.3) is 0 Å². The molecule has 4 heteroatoms. The van der Waals surface area contributed by atoms with Crippen molar-refractivity contribution in [2.24, 2.45) is 0 Å². The smallest absolute Gasteiger partial charge is 0.0603 e. The van der Waals surface area contributed by atoms with E-state index in [0.29, 0.717) is 6.04 Å². The molecule has 0 bridgehead atoms. The Balaban J connectivity index is 1.90. The lowest BCUT2D eigenvalue weighted by Gasteiger charge is -2.36. The highest BCUT2D eigenvalue weighted by Crippen LogP contribution is 2.36. The van der Waals surface area contributed by atoms with Gasteiger partial charge in [0.2, 0.25) is 0 Å². The van der Waals surface area contributed by atoms with Crippen LogP contribution in [0.15, 0.2) is 29.9 Å². The van der Waals surface area contributed by atoms with E-state index in [9.17, 15) is 0 Å². The molecule has 1 N–H and O–H groups in total. The van der Waals surface area contributed by atoms with Crippen molar-refractivity contribution in [3.05, 3.63) is 45.9 Å². The molecule has 0 amide bonds. The molecule has 0 radical (unpaired) electrons. The number of rotatable bonds is 4. The summed E-state index contributed by atoms with van der Waals surface area (Å²) in [6.07, 6.45) is 5.05. The second-order valence-corrected chi connectivity index (χ2v) is 6.20. The maximum atomic E-state index is 4.34. The van der Waals surface area contributed by atoms with Gasteiger partial charge in [0.15, 0.2) is 0 Å². The first-order valence-corrected chi connectivity index (χ1v) is 8.15. The average Bonchev–Trinajstić information content (AvgIpc) is 2.95. The minimum Gasteiger partial charge on any atom is -0.363 e. The van der Waals surface area contributed by atoms with Crippen LogP contribution in [0.2, 0.25) is 0 Å². The Labute approximate surface area is 124 Å². The zero-order valence-corrected chi connectivity index (χ0v) is 12.9. The van der Waals surface area contributed by atoms with Gasteiger partial charge in [-0.2, -0.15) is 0 Å². The quantitative estimate of drug-likeness (QED) is 0.934. The van der Waals surface area contributed by atoms with Crippen LogP contribution in [0.1, 0.15) is 35.9 Å². The fraction of sp³-hybridized carbons (Fsp3) is 0.438. The Morgan fingerprint density at radius 3 is 3.20 bits per heavy atom. The van der Waals surface area contributed by atoms with Crippen molar-refractivity contribution in [2.75, 3.05) is 18.0 Å². The summed E-state index contributed by atoms with van der Waals surface area (Å²) in [6, 6.07) is 4.85. The highest BCUT2D eigenvalue weighted by atomic mass is 32.1. The van der Waals surface area contributed by atoms with Gasteiger partial charge in [0.1, 0.15) is 0 Å². The molecule has 2 aromatic rings. The Morgan fingerprint density at radius 2 is 2.35 bits per heavy atom. The summed E-state index contributed by atoms with van der Waals surface area (Å²) in [7, 11) is 0. The first-order valence-electron chi connectivity index (χ1n) is 7.27. The van der Waals surface area contributed by atoms with E-state index in [1.54, 1.807) is 4.88 Å². The third-order valence-electron chi connectivity index (χ3n) is 4.04. The Kier molecular flexibility index (Phi) is 4.03. The van der Waals surface area contributed by atoms with Crippen LogP contribution < -0.4 is 10.2 Å². The molecule has 1 unspecified atom stereocenters. The summed E-state index contributed by atoms with van der Waals surface area (Å²) < 4.78 is 0. The van der Waals surface area contributed by atoms with Gasteiger partial charge >= 0.3 is 0 Å². The first-order chi connectivity index (χ1) is 9.81. The maximum Gasteiger partial charge on any atom is 0.0603 e. The van der Waals surface area contributed by atoms with Gasteiger partial charge in [0.05, 0.1) is 17.9 Å². The molecule has 0 saturated heterocycles. The lowest BCUT2D eigenvalue weighted by atomic mass is 10.00. The third-order valence-corrected chi connectivity index (χ3v) is 5.04. The average molecular weight is 287 g/mol. The molecule has 0 spiro atoms. The molecule has 106 valence electrons. The Hall–Kier alpha value is -1.39. The second kappa shape index (κ2) is 5.94. The Morgan fingerprint density at radius 1 is 1.45 bits per heavy atom. The fourth-order valence-electron chi connectivity index (χ4n) is 2.92. The van der Waals surface area contributed by atoms with Crippen molar-refractivity contribution in [3.8, 4) is 0 Å². The maximum absolute atomic E-state index is 4.34. The van der Waals surface area contributed by atoms with Gasteiger partial charge in [0.25, 0.3) is 0 Å². The van der Waals surface area contributed by atoms with Crippen molar-refractivity contribution in [3.63, 3.8) is 0 Å². The van der Waals surface area contributed by atoms with Gasteiger partial charge in [-0.15, -0.1) is 11.3 Å². The molecule has 3 rings (SSSR count). The summed E-state index contributed by atoms with van der Waals surface area (Å²) in [4.78, 5) is 8.38. The lowest BCUT2D eigenvalue weighted by Crippen LogP contribution is -2.34. The number of pyridine rings is 1. The van der Waals surface area contributed by atoms with Crippen molar-refractivity contribution < 1.29 is 0 Å². The number of fused-ring (bicyclic) bond motifs is 1. The summed E-state index contributed by atoms with van der Waals surface area (Å²) in [5, 5.41) is 5.64. The lowest BCUT2D eigenvalue weighted by molar-refractivity contribution is 0.624. The molecular weight excluding hydrogens is 266 g/mol. The molecule has 0 aliphatic carbocycles. The molecule has 0 fully saturated rings. The molecule has 1 atom stereocenters. The van der Waals surface area contributed by atoms with E-state index in [0.717, 1.165) is 26.1 Å². The summed E-state index contributed by atoms with van der Waals surface area (Å²) in [5.41, 5.74) is 4.10. The zero-order valence-electron chi connectivity index (χ0n) is 12.1. The fourth-order valence-corrected chi connectivity index (χ4v) is 3.88. The van der Waals surface area contributed by atoms with Crippen LogP contribution in [0.5, 0.6) is 0 Å². The van der Waals surface area contributed by atoms with Crippen LogP contribution in [0.3, 0.4) is 0 Å². The molecule has 1 aliphatic rings. The SMILES string of the molecule is CCNCc1ccncc1N1CCc2sccc2C1C. The molecule has 0 saturated carbocycles. The van der Waals surface area contributed by atoms with Crippen molar-refractivity contribution in [2.45, 2.75) is 32.9 Å². The van der Waals surface area contributed by atoms with Crippen LogP contribution in [-0.4, -0.2) is 18.1 Å². The molecule has 1 aliphatic heterocycles. The van der Waals surface area contributed by atoms with Crippen molar-refractivity contribution >= 4 is 17.0 Å². The summed E-state index contributed by atoms with van der Waals surface area (Å²) in [6.45, 7) is 7.43. The summed E-state index contributed by atoms with van der Waals surface area (Å²) in [5.74, 6) is 0. The van der Waals surface area contributed by atoms with E-state index in [-0.39, 0.29) is 0 Å². The van der Waals surface area contributed by atoms with Gasteiger partial charge in [0, 0.05) is 24.2 Å². The number of aromatic nitrogens is 1. The van der Waals surface area contributed by atoms with E-state index in [2.05, 4.69) is 46.6 Å². The number of nitrogens with zero attached hydrogens (tertiary/aromatic N) is 2. The molecule has 20 heavy (non-hydrogen) atoms. The molecular formula is C16H21N3S. The van der Waals surface area contributed by atoms with Gasteiger partial charge < -0.3 is 10.2 Å². The highest BCUT2D eigenvalue weighted by Gasteiger charge is 2.26. The van der Waals surface area contributed by atoms with E-state index in [1.807, 2.05) is 23.7 Å². The predicted octanol–water partition coefficient (Wildman–Crippen LogP) is 3.38. The number of thiophene rings is 1. The predicted molar refractivity (Wildman–Crippen MR) is 85.4 cm³/mol. The minimum atomic E-state index is 0.439. The van der Waals surface area contributed by atoms with E-state index in [1.165, 1.54) is 16.8 Å². The molecule has 3 nitrogen and oxygen atoms in total. The Bertz CT molecular complexity index is 579. The first kappa shape index (κ1) is 13.6. The molecule has 0 aromatic carbocycles. The van der Waals surface area contributed by atoms with Gasteiger partial charge in [-0.25, -0.2) is 0 Å². The normalized spacial score (nSPS) is 18.1. The van der Waals surface area contributed by atoms with E-state index in [4.69, 9.17) is 0 Å². The number of hydrogen-bond donors (Lipinski definition) is 1. The van der Waals surface area contributed by atoms with Crippen molar-refractivity contribution in [1.82, 2.24) is 10.3 Å². The van der Waals surface area contributed by atoms with Crippen LogP contribution in [0.4, 0.5) is 5.69 Å².